The Morgan fingerprint density at radius 3 is 2.79 bits per heavy atom. The largest absolute Gasteiger partial charge is 0.496 e. The molecule has 0 bridgehead atoms. The molecule has 2 atom stereocenters. The van der Waals surface area contributed by atoms with E-state index in [2.05, 4.69) is 26.6 Å². The van der Waals surface area contributed by atoms with Gasteiger partial charge in [0.1, 0.15) is 11.8 Å². The zero-order valence-electron chi connectivity index (χ0n) is 16.9. The molecule has 0 saturated carbocycles. The molecule has 3 rings (SSSR count). The van der Waals surface area contributed by atoms with Crippen LogP contribution in [0.15, 0.2) is 46.9 Å². The highest BCUT2D eigenvalue weighted by Crippen LogP contribution is 2.31. The normalized spacial score (nSPS) is 17.3. The van der Waals surface area contributed by atoms with Crippen molar-refractivity contribution in [2.45, 2.75) is 38.4 Å². The summed E-state index contributed by atoms with van der Waals surface area (Å²) in [7, 11) is 3.34. The molecule has 2 aromatic rings. The molecule has 0 saturated heterocycles. The molecule has 0 aromatic heterocycles. The van der Waals surface area contributed by atoms with Crippen molar-refractivity contribution >= 4 is 33.4 Å². The third kappa shape index (κ3) is 4.79. The number of nitrogens with one attached hydrogen (secondary N) is 2. The summed E-state index contributed by atoms with van der Waals surface area (Å²) in [6.07, 6.45) is 1.27. The van der Waals surface area contributed by atoms with Crippen molar-refractivity contribution in [1.82, 2.24) is 10.6 Å². The molecule has 154 valence electrons. The molecule has 1 heterocycles. The minimum Gasteiger partial charge on any atom is -0.496 e. The number of ether oxygens (including phenoxy) is 1. The monoisotopic (exact) mass is 459 g/mol. The summed E-state index contributed by atoms with van der Waals surface area (Å²) in [6, 6.07) is 12.7. The second kappa shape index (κ2) is 9.41. The van der Waals surface area contributed by atoms with Gasteiger partial charge in [-0.15, -0.1) is 0 Å². The van der Waals surface area contributed by atoms with Crippen LogP contribution in [-0.2, 0) is 22.6 Å². The fourth-order valence-electron chi connectivity index (χ4n) is 3.48. The highest BCUT2D eigenvalue weighted by molar-refractivity contribution is 9.10. The van der Waals surface area contributed by atoms with Gasteiger partial charge in [0.15, 0.2) is 0 Å². The van der Waals surface area contributed by atoms with Gasteiger partial charge < -0.3 is 20.3 Å². The third-order valence-corrected chi connectivity index (χ3v) is 5.76. The number of hydrogen-bond donors (Lipinski definition) is 2. The molecule has 1 aliphatic heterocycles. The first-order chi connectivity index (χ1) is 13.9. The second-order valence-electron chi connectivity index (χ2n) is 7.12. The van der Waals surface area contributed by atoms with Crippen LogP contribution in [0.5, 0.6) is 5.75 Å². The summed E-state index contributed by atoms with van der Waals surface area (Å²) >= 11 is 3.50. The van der Waals surface area contributed by atoms with Gasteiger partial charge in [-0.2, -0.15) is 0 Å². The summed E-state index contributed by atoms with van der Waals surface area (Å²) in [5.74, 6) is 0.414. The van der Waals surface area contributed by atoms with Gasteiger partial charge in [0, 0.05) is 15.7 Å². The first kappa shape index (κ1) is 21.3. The van der Waals surface area contributed by atoms with Crippen molar-refractivity contribution in [3.8, 4) is 5.75 Å². The number of rotatable bonds is 6. The molecule has 0 spiro atoms. The molecular weight excluding hydrogens is 434 g/mol. The smallest absolute Gasteiger partial charge is 0.249 e. The number of amides is 2. The van der Waals surface area contributed by atoms with E-state index in [-0.39, 0.29) is 17.9 Å². The molecule has 0 radical (unpaired) electrons. The fourth-order valence-corrected chi connectivity index (χ4v) is 3.89. The molecule has 6 nitrogen and oxygen atoms in total. The van der Waals surface area contributed by atoms with Crippen LogP contribution in [0, 0.1) is 0 Å². The molecule has 2 amide bonds. The maximum Gasteiger partial charge on any atom is 0.249 e. The van der Waals surface area contributed by atoms with E-state index in [0.717, 1.165) is 21.3 Å². The van der Waals surface area contributed by atoms with E-state index in [9.17, 15) is 9.59 Å². The van der Waals surface area contributed by atoms with Crippen molar-refractivity contribution in [3.63, 3.8) is 0 Å². The second-order valence-corrected chi connectivity index (χ2v) is 8.04. The quantitative estimate of drug-likeness (QED) is 0.696. The Morgan fingerprint density at radius 2 is 2.07 bits per heavy atom. The SMILES string of the molecule is CNC(C)C(=O)N[C@H]1CCc2ccccc2N(Cc2cc(Br)ccc2OC)C1=O. The number of methoxy groups -OCH3 is 1. The van der Waals surface area contributed by atoms with Crippen LogP contribution in [0.3, 0.4) is 0 Å². The lowest BCUT2D eigenvalue weighted by molar-refractivity contribution is -0.128. The van der Waals surface area contributed by atoms with Gasteiger partial charge in [0.05, 0.1) is 19.7 Å². The topological polar surface area (TPSA) is 70.7 Å². The first-order valence-corrected chi connectivity index (χ1v) is 10.4. The Kier molecular flexibility index (Phi) is 6.92. The van der Waals surface area contributed by atoms with E-state index >= 15 is 0 Å². The van der Waals surface area contributed by atoms with Gasteiger partial charge in [0.2, 0.25) is 11.8 Å². The molecule has 7 heteroatoms. The van der Waals surface area contributed by atoms with Crippen molar-refractivity contribution < 1.29 is 14.3 Å². The Hall–Kier alpha value is -2.38. The molecule has 2 N–H and O–H groups in total. The van der Waals surface area contributed by atoms with Crippen molar-refractivity contribution in [1.29, 1.82) is 0 Å². The van der Waals surface area contributed by atoms with Crippen LogP contribution in [0.25, 0.3) is 0 Å². The van der Waals surface area contributed by atoms with Gasteiger partial charge in [0.25, 0.3) is 0 Å². The summed E-state index contributed by atoms with van der Waals surface area (Å²) in [6.45, 7) is 2.13. The number of carbonyl (C=O) groups is 2. The van der Waals surface area contributed by atoms with E-state index in [1.54, 1.807) is 26.0 Å². The van der Waals surface area contributed by atoms with Crippen molar-refractivity contribution in [3.05, 3.63) is 58.1 Å². The summed E-state index contributed by atoms with van der Waals surface area (Å²) < 4.78 is 6.41. The molecule has 1 aliphatic rings. The molecule has 1 unspecified atom stereocenters. The maximum absolute atomic E-state index is 13.5. The maximum atomic E-state index is 13.5. The van der Waals surface area contributed by atoms with Crippen LogP contribution in [0.2, 0.25) is 0 Å². The number of halogens is 1. The average molecular weight is 460 g/mol. The zero-order valence-corrected chi connectivity index (χ0v) is 18.5. The van der Waals surface area contributed by atoms with E-state index in [1.165, 1.54) is 0 Å². The number of para-hydroxylation sites is 1. The number of fused-ring (bicyclic) bond motifs is 1. The number of aryl methyl sites for hydroxylation is 1. The van der Waals surface area contributed by atoms with E-state index in [4.69, 9.17) is 4.74 Å². The minimum atomic E-state index is -0.580. The van der Waals surface area contributed by atoms with Crippen LogP contribution in [0.4, 0.5) is 5.69 Å². The van der Waals surface area contributed by atoms with Crippen molar-refractivity contribution in [2.75, 3.05) is 19.1 Å². The number of hydrogen-bond acceptors (Lipinski definition) is 4. The Morgan fingerprint density at radius 1 is 1.31 bits per heavy atom. The molecule has 0 aliphatic carbocycles. The fraction of sp³-hybridized carbons (Fsp3) is 0.364. The number of likely N-dealkylation sites (N-methyl/N-ethyl adjacent to an activating group) is 1. The lowest BCUT2D eigenvalue weighted by Crippen LogP contribution is -2.52. The van der Waals surface area contributed by atoms with Crippen LogP contribution in [-0.4, -0.2) is 38.1 Å². The van der Waals surface area contributed by atoms with Gasteiger partial charge in [-0.05, 0) is 56.6 Å². The molecule has 0 fully saturated rings. The molecule has 2 aromatic carbocycles. The number of nitrogens with zero attached hydrogens (tertiary/aromatic N) is 1. The van der Waals surface area contributed by atoms with Crippen LogP contribution >= 0.6 is 15.9 Å². The van der Waals surface area contributed by atoms with E-state index < -0.39 is 6.04 Å². The van der Waals surface area contributed by atoms with Gasteiger partial charge in [-0.3, -0.25) is 9.59 Å². The van der Waals surface area contributed by atoms with Gasteiger partial charge >= 0.3 is 0 Å². The van der Waals surface area contributed by atoms with Crippen LogP contribution in [0.1, 0.15) is 24.5 Å². The number of benzene rings is 2. The molecule has 29 heavy (non-hydrogen) atoms. The Labute approximate surface area is 179 Å². The highest BCUT2D eigenvalue weighted by Gasteiger charge is 2.32. The lowest BCUT2D eigenvalue weighted by atomic mass is 10.1. The van der Waals surface area contributed by atoms with E-state index in [1.807, 2.05) is 42.5 Å². The number of anilines is 1. The average Bonchev–Trinajstić information content (AvgIpc) is 2.85. The summed E-state index contributed by atoms with van der Waals surface area (Å²) in [4.78, 5) is 27.6. The predicted octanol–water partition coefficient (Wildman–Crippen LogP) is 3.03. The van der Waals surface area contributed by atoms with Crippen molar-refractivity contribution in [2.24, 2.45) is 0 Å². The predicted molar refractivity (Wildman–Crippen MR) is 117 cm³/mol. The Balaban J connectivity index is 1.96. The zero-order chi connectivity index (χ0) is 21.0. The van der Waals surface area contributed by atoms with E-state index in [0.29, 0.717) is 25.1 Å². The minimum absolute atomic E-state index is 0.117. The summed E-state index contributed by atoms with van der Waals surface area (Å²) in [5, 5.41) is 5.83. The number of carbonyl (C=O) groups excluding carboxylic acids is 2. The molecular formula is C22H26BrN3O3. The van der Waals surface area contributed by atoms with Crippen LogP contribution < -0.4 is 20.3 Å². The third-order valence-electron chi connectivity index (χ3n) is 5.26. The lowest BCUT2D eigenvalue weighted by Gasteiger charge is -2.27. The summed E-state index contributed by atoms with van der Waals surface area (Å²) in [5.41, 5.74) is 2.85. The highest BCUT2D eigenvalue weighted by atomic mass is 79.9. The standard InChI is InChI=1S/C22H26BrN3O3/c1-14(24-2)21(27)25-18-10-8-15-6-4-5-7-19(15)26(22(18)28)13-16-12-17(23)9-11-20(16)29-3/h4-7,9,11-12,14,18,24H,8,10,13H2,1-3H3,(H,25,27)/t14?,18-/m0/s1. The van der Waals surface area contributed by atoms with Gasteiger partial charge in [-0.25, -0.2) is 0 Å². The first-order valence-electron chi connectivity index (χ1n) is 9.64. The van der Waals surface area contributed by atoms with Gasteiger partial charge in [-0.1, -0.05) is 34.1 Å². The Bertz CT molecular complexity index is 903.